The van der Waals surface area contributed by atoms with Crippen LogP contribution in [0.15, 0.2) is 47.3 Å². The minimum absolute atomic E-state index is 0.114. The Morgan fingerprint density at radius 2 is 1.97 bits per heavy atom. The number of aromatic nitrogens is 4. The molecule has 4 aliphatic carbocycles. The Labute approximate surface area is 233 Å². The van der Waals surface area contributed by atoms with Crippen LogP contribution in [0, 0.1) is 28.6 Å². The third-order valence-electron chi connectivity index (χ3n) is 11.0. The van der Waals surface area contributed by atoms with E-state index in [-0.39, 0.29) is 34.7 Å². The van der Waals surface area contributed by atoms with Crippen molar-refractivity contribution in [2.24, 2.45) is 35.6 Å². The van der Waals surface area contributed by atoms with Crippen LogP contribution in [0.3, 0.4) is 0 Å². The molecule has 3 aromatic rings. The Morgan fingerprint density at radius 3 is 2.79 bits per heavy atom. The highest BCUT2D eigenvalue weighted by Gasteiger charge is 2.68. The molecule has 2 heterocycles. The van der Waals surface area contributed by atoms with Crippen LogP contribution in [-0.4, -0.2) is 53.2 Å². The van der Waals surface area contributed by atoms with Crippen molar-refractivity contribution in [3.63, 3.8) is 0 Å². The first kappa shape index (κ1) is 25.4. The van der Waals surface area contributed by atoms with Crippen molar-refractivity contribution in [3.8, 4) is 0 Å². The minimum Gasteiger partial charge on any atom is -0.393 e. The van der Waals surface area contributed by atoms with E-state index in [4.69, 9.17) is 0 Å². The number of hydrogen-bond acceptors (Lipinski definition) is 7. The molecule has 3 fully saturated rings. The summed E-state index contributed by atoms with van der Waals surface area (Å²) in [6, 6.07) is 7.68. The molecule has 0 amide bonds. The van der Waals surface area contributed by atoms with Gasteiger partial charge >= 0.3 is 0 Å². The van der Waals surface area contributed by atoms with Gasteiger partial charge in [-0.25, -0.2) is 4.98 Å². The minimum atomic E-state index is -1.44. The van der Waals surface area contributed by atoms with Gasteiger partial charge in [0.2, 0.25) is 0 Å². The van der Waals surface area contributed by atoms with Gasteiger partial charge in [-0.15, -0.1) is 0 Å². The van der Waals surface area contributed by atoms with Crippen molar-refractivity contribution in [1.29, 1.82) is 0 Å². The number of aryl methyl sites for hydroxylation is 1. The second-order valence-corrected chi connectivity index (χ2v) is 13.8. The van der Waals surface area contributed by atoms with Gasteiger partial charge in [-0.3, -0.25) is 14.5 Å². The topological polar surface area (TPSA) is 101 Å². The number of carbonyl (C=O) groups is 1. The monoisotopic (exact) mass is 544 g/mol. The highest BCUT2D eigenvalue weighted by Crippen LogP contribution is 2.67. The Kier molecular flexibility index (Phi) is 5.69. The maximum Gasteiger partial charge on any atom is 0.175 e. The fourth-order valence-electron chi connectivity index (χ4n) is 9.05. The third kappa shape index (κ3) is 3.57. The normalized spacial score (nSPS) is 37.0. The number of aliphatic hydroxyl groups is 2. The van der Waals surface area contributed by atoms with E-state index in [1.54, 1.807) is 6.20 Å². The van der Waals surface area contributed by atoms with Crippen LogP contribution >= 0.6 is 11.8 Å². The van der Waals surface area contributed by atoms with Crippen molar-refractivity contribution in [1.82, 2.24) is 19.7 Å². The van der Waals surface area contributed by atoms with Gasteiger partial charge in [0, 0.05) is 12.5 Å². The van der Waals surface area contributed by atoms with Crippen LogP contribution in [0.25, 0.3) is 17.1 Å². The van der Waals surface area contributed by atoms with E-state index in [0.717, 1.165) is 36.7 Å². The van der Waals surface area contributed by atoms with Crippen molar-refractivity contribution < 1.29 is 15.0 Å². The van der Waals surface area contributed by atoms with Gasteiger partial charge in [0.15, 0.2) is 5.78 Å². The summed E-state index contributed by atoms with van der Waals surface area (Å²) in [6.45, 7) is 4.39. The summed E-state index contributed by atoms with van der Waals surface area (Å²) in [5.41, 5.74) is 3.24. The molecule has 7 atom stereocenters. The highest BCUT2D eigenvalue weighted by atomic mass is 32.2. The smallest absolute Gasteiger partial charge is 0.175 e. The maximum atomic E-state index is 13.7. The number of thioether (sulfide) groups is 1. The van der Waals surface area contributed by atoms with Crippen LogP contribution in [0.2, 0.25) is 0 Å². The summed E-state index contributed by atoms with van der Waals surface area (Å²) in [7, 11) is 1.99. The predicted molar refractivity (Wildman–Crippen MR) is 151 cm³/mol. The number of carbonyl (C=O) groups excluding carboxylic acids is 1. The summed E-state index contributed by atoms with van der Waals surface area (Å²) < 4.78 is 1.95. The fourth-order valence-corrected chi connectivity index (χ4v) is 9.86. The molecule has 204 valence electrons. The van der Waals surface area contributed by atoms with E-state index in [2.05, 4.69) is 35.0 Å². The van der Waals surface area contributed by atoms with E-state index in [1.807, 2.05) is 42.2 Å². The number of fused-ring (bicyclic) bond motifs is 7. The number of ketones is 1. The fraction of sp³-hybridized carbons (Fsp3) is 0.548. The number of Topliss-reactive ketones (excluding diaryl/α,β-unsaturated/α-hetero) is 1. The largest absolute Gasteiger partial charge is 0.393 e. The van der Waals surface area contributed by atoms with Crippen molar-refractivity contribution in [2.75, 3.05) is 5.75 Å². The lowest BCUT2D eigenvalue weighted by atomic mass is 9.45. The molecule has 0 aliphatic heterocycles. The molecule has 0 spiro atoms. The number of benzene rings is 1. The van der Waals surface area contributed by atoms with Crippen LogP contribution in [-0.2, 0) is 18.3 Å². The molecule has 2 aromatic heterocycles. The number of para-hydroxylation sites is 2. The van der Waals surface area contributed by atoms with Crippen LogP contribution in [0.4, 0.5) is 0 Å². The molecule has 3 saturated carbocycles. The highest BCUT2D eigenvalue weighted by molar-refractivity contribution is 7.99. The zero-order valence-electron chi connectivity index (χ0n) is 22.8. The van der Waals surface area contributed by atoms with Gasteiger partial charge in [-0.1, -0.05) is 43.3 Å². The summed E-state index contributed by atoms with van der Waals surface area (Å²) >= 11 is 1.34. The van der Waals surface area contributed by atoms with Gasteiger partial charge in [-0.2, -0.15) is 5.10 Å². The number of rotatable bonds is 4. The number of aliphatic hydroxyl groups excluding tert-OH is 1. The molecule has 8 heteroatoms. The average molecular weight is 545 g/mol. The van der Waals surface area contributed by atoms with E-state index in [0.29, 0.717) is 17.9 Å². The molecule has 7 nitrogen and oxygen atoms in total. The molecule has 0 saturated heterocycles. The summed E-state index contributed by atoms with van der Waals surface area (Å²) in [5, 5.41) is 29.0. The predicted octanol–water partition coefficient (Wildman–Crippen LogP) is 4.61. The standard InChI is InChI=1S/C31H36N4O3S/c1-29-13-18-15-33-35(3)24(18)12-19(29)8-9-20-21-10-11-31(38,30(21,2)14-25(36)28(20)29)26(37)17-39-27-16-32-22-6-4-5-7-23(22)34-27/h4-7,12,15-16,20-21,25,28,36,38H,8-11,13-14,17H2,1-3H3/t20?,21?,25?,28?,29?,30?,31-/m0/s1. The van der Waals surface area contributed by atoms with Crippen molar-refractivity contribution in [2.45, 2.75) is 69.1 Å². The third-order valence-corrected chi connectivity index (χ3v) is 11.9. The quantitative estimate of drug-likeness (QED) is 0.463. The zero-order valence-corrected chi connectivity index (χ0v) is 23.6. The van der Waals surface area contributed by atoms with E-state index in [9.17, 15) is 15.0 Å². The first-order valence-corrected chi connectivity index (χ1v) is 15.1. The van der Waals surface area contributed by atoms with Gasteiger partial charge in [0.05, 0.1) is 41.0 Å². The first-order valence-electron chi connectivity index (χ1n) is 14.1. The number of allylic oxidation sites excluding steroid dienone is 1. The maximum absolute atomic E-state index is 13.7. The molecule has 0 bridgehead atoms. The number of nitrogens with zero attached hydrogens (tertiary/aromatic N) is 4. The van der Waals surface area contributed by atoms with E-state index in [1.165, 1.54) is 28.6 Å². The van der Waals surface area contributed by atoms with Crippen molar-refractivity contribution in [3.05, 3.63) is 53.5 Å². The Morgan fingerprint density at radius 1 is 1.18 bits per heavy atom. The molecule has 4 aliphatic rings. The second kappa shape index (κ2) is 8.72. The molecular weight excluding hydrogens is 508 g/mol. The Balaban J connectivity index is 1.14. The van der Waals surface area contributed by atoms with Crippen LogP contribution in [0.1, 0.15) is 57.2 Å². The molecular formula is C31H36N4O3S. The summed E-state index contributed by atoms with van der Waals surface area (Å²) in [4.78, 5) is 22.8. The SMILES string of the molecule is Cn1ncc2c1C=C1CCC3C(C(O)CC4(C)C3CC[C@]4(O)C(=O)CSc3cnc4ccccc4n3)C1(C)C2. The van der Waals surface area contributed by atoms with Gasteiger partial charge in [-0.05, 0) is 85.5 Å². The Bertz CT molecular complexity index is 1520. The molecule has 0 radical (unpaired) electrons. The molecule has 39 heavy (non-hydrogen) atoms. The summed E-state index contributed by atoms with van der Waals surface area (Å²) in [5.74, 6) is 0.589. The molecule has 6 unspecified atom stereocenters. The lowest BCUT2D eigenvalue weighted by molar-refractivity contribution is -0.177. The van der Waals surface area contributed by atoms with Gasteiger partial charge < -0.3 is 10.2 Å². The van der Waals surface area contributed by atoms with Gasteiger partial charge in [0.1, 0.15) is 10.6 Å². The molecule has 2 N–H and O–H groups in total. The lowest BCUT2D eigenvalue weighted by Crippen LogP contribution is -2.62. The second-order valence-electron chi connectivity index (χ2n) is 12.8. The van der Waals surface area contributed by atoms with E-state index >= 15 is 0 Å². The van der Waals surface area contributed by atoms with Crippen LogP contribution < -0.4 is 0 Å². The lowest BCUT2D eigenvalue weighted by Gasteiger charge is -2.60. The average Bonchev–Trinajstić information content (AvgIpc) is 3.40. The van der Waals surface area contributed by atoms with Crippen LogP contribution in [0.5, 0.6) is 0 Å². The zero-order chi connectivity index (χ0) is 27.2. The summed E-state index contributed by atoms with van der Waals surface area (Å²) in [6.07, 6.45) is 10.0. The van der Waals surface area contributed by atoms with Crippen molar-refractivity contribution >= 4 is 34.7 Å². The molecule has 7 rings (SSSR count). The van der Waals surface area contributed by atoms with E-state index < -0.39 is 17.1 Å². The van der Waals surface area contributed by atoms with Gasteiger partial charge in [0.25, 0.3) is 0 Å². The Hall–Kier alpha value is -2.55. The first-order chi connectivity index (χ1) is 18.6. The molecule has 1 aromatic carbocycles. The number of hydrogen-bond donors (Lipinski definition) is 2.